The van der Waals surface area contributed by atoms with Gasteiger partial charge in [-0.05, 0) is 49.9 Å². The van der Waals surface area contributed by atoms with Gasteiger partial charge in [0.25, 0.3) is 0 Å². The maximum absolute atomic E-state index is 13.1. The van der Waals surface area contributed by atoms with E-state index in [-0.39, 0.29) is 5.92 Å². The van der Waals surface area contributed by atoms with E-state index in [1.807, 2.05) is 6.92 Å². The Balaban J connectivity index is 2.57. The lowest BCUT2D eigenvalue weighted by Crippen LogP contribution is -2.28. The molecular weight excluding hydrogens is 220 g/mol. The third kappa shape index (κ3) is 4.43. The van der Waals surface area contributed by atoms with Gasteiger partial charge >= 0.3 is 0 Å². The molecular formula is C14H21F2N. The molecule has 1 rings (SSSR count). The first kappa shape index (κ1) is 14.1. The zero-order valence-corrected chi connectivity index (χ0v) is 10.8. The molecule has 1 N–H and O–H groups in total. The van der Waals surface area contributed by atoms with Crippen LogP contribution in [-0.2, 0) is 0 Å². The van der Waals surface area contributed by atoms with Crippen LogP contribution in [0.5, 0.6) is 0 Å². The Morgan fingerprint density at radius 3 is 2.47 bits per heavy atom. The van der Waals surface area contributed by atoms with Crippen molar-refractivity contribution in [1.82, 2.24) is 5.32 Å². The predicted molar refractivity (Wildman–Crippen MR) is 67.1 cm³/mol. The topological polar surface area (TPSA) is 12.0 Å². The number of hydrogen-bond donors (Lipinski definition) is 1. The molecule has 0 spiro atoms. The Labute approximate surface area is 102 Å². The Bertz CT molecular complexity index is 352. The standard InChI is InChI=1S/C14H21F2N/c1-4-7-17-11(3)8-10(2)12-5-6-13(15)14(16)9-12/h5-6,9-11,17H,4,7-8H2,1-3H3. The number of rotatable bonds is 6. The van der Waals surface area contributed by atoms with Crippen molar-refractivity contribution < 1.29 is 8.78 Å². The van der Waals surface area contributed by atoms with E-state index in [1.54, 1.807) is 6.07 Å². The quantitative estimate of drug-likeness (QED) is 0.797. The molecule has 0 aromatic heterocycles. The van der Waals surface area contributed by atoms with Gasteiger partial charge < -0.3 is 5.32 Å². The van der Waals surface area contributed by atoms with E-state index < -0.39 is 11.6 Å². The van der Waals surface area contributed by atoms with Crippen molar-refractivity contribution in [3.05, 3.63) is 35.4 Å². The summed E-state index contributed by atoms with van der Waals surface area (Å²) in [7, 11) is 0. The van der Waals surface area contributed by atoms with Gasteiger partial charge in [-0.3, -0.25) is 0 Å². The van der Waals surface area contributed by atoms with Crippen LogP contribution in [0.25, 0.3) is 0 Å². The summed E-state index contributed by atoms with van der Waals surface area (Å²) in [5.41, 5.74) is 0.856. The highest BCUT2D eigenvalue weighted by Gasteiger charge is 2.12. The molecule has 1 aromatic rings. The Kier molecular flexibility index (Phi) is 5.56. The average molecular weight is 241 g/mol. The monoisotopic (exact) mass is 241 g/mol. The smallest absolute Gasteiger partial charge is 0.159 e. The summed E-state index contributed by atoms with van der Waals surface area (Å²) in [6.45, 7) is 7.27. The van der Waals surface area contributed by atoms with Gasteiger partial charge in [0.2, 0.25) is 0 Å². The fourth-order valence-electron chi connectivity index (χ4n) is 1.96. The highest BCUT2D eigenvalue weighted by atomic mass is 19.2. The van der Waals surface area contributed by atoms with Crippen LogP contribution in [0.1, 0.15) is 45.1 Å². The van der Waals surface area contributed by atoms with Gasteiger partial charge in [0, 0.05) is 6.04 Å². The summed E-state index contributed by atoms with van der Waals surface area (Å²) in [5, 5.41) is 3.39. The molecule has 0 amide bonds. The van der Waals surface area contributed by atoms with E-state index in [0.717, 1.165) is 24.9 Å². The second kappa shape index (κ2) is 6.70. The molecule has 0 bridgehead atoms. The number of nitrogens with one attached hydrogen (secondary N) is 1. The molecule has 0 saturated carbocycles. The van der Waals surface area contributed by atoms with Crippen LogP contribution < -0.4 is 5.32 Å². The van der Waals surface area contributed by atoms with E-state index in [4.69, 9.17) is 0 Å². The third-order valence-electron chi connectivity index (χ3n) is 2.96. The Morgan fingerprint density at radius 1 is 1.18 bits per heavy atom. The zero-order valence-electron chi connectivity index (χ0n) is 10.8. The van der Waals surface area contributed by atoms with Crippen molar-refractivity contribution >= 4 is 0 Å². The Morgan fingerprint density at radius 2 is 1.88 bits per heavy atom. The molecule has 1 nitrogen and oxygen atoms in total. The summed E-state index contributed by atoms with van der Waals surface area (Å²) < 4.78 is 25.9. The van der Waals surface area contributed by atoms with Crippen LogP contribution in [0, 0.1) is 11.6 Å². The molecule has 0 aliphatic heterocycles. The molecule has 2 unspecified atom stereocenters. The second-order valence-corrected chi connectivity index (χ2v) is 4.67. The molecule has 17 heavy (non-hydrogen) atoms. The summed E-state index contributed by atoms with van der Waals surface area (Å²) in [5.74, 6) is -1.31. The lowest BCUT2D eigenvalue weighted by atomic mass is 9.94. The van der Waals surface area contributed by atoms with E-state index in [9.17, 15) is 8.78 Å². The number of hydrogen-bond acceptors (Lipinski definition) is 1. The largest absolute Gasteiger partial charge is 0.314 e. The van der Waals surface area contributed by atoms with Gasteiger partial charge in [-0.15, -0.1) is 0 Å². The van der Waals surface area contributed by atoms with Gasteiger partial charge in [-0.1, -0.05) is 19.9 Å². The maximum Gasteiger partial charge on any atom is 0.159 e. The molecule has 1 aromatic carbocycles. The highest BCUT2D eigenvalue weighted by Crippen LogP contribution is 2.22. The van der Waals surface area contributed by atoms with E-state index >= 15 is 0 Å². The second-order valence-electron chi connectivity index (χ2n) is 4.67. The fourth-order valence-corrected chi connectivity index (χ4v) is 1.96. The van der Waals surface area contributed by atoms with Crippen LogP contribution >= 0.6 is 0 Å². The van der Waals surface area contributed by atoms with E-state index in [1.165, 1.54) is 12.1 Å². The van der Waals surface area contributed by atoms with Gasteiger partial charge in [-0.2, -0.15) is 0 Å². The van der Waals surface area contributed by atoms with Crippen molar-refractivity contribution in [2.75, 3.05) is 6.54 Å². The van der Waals surface area contributed by atoms with Crippen LogP contribution in [0.4, 0.5) is 8.78 Å². The molecule has 96 valence electrons. The molecule has 3 heteroatoms. The van der Waals surface area contributed by atoms with Gasteiger partial charge in [0.1, 0.15) is 0 Å². The first-order chi connectivity index (χ1) is 8.04. The highest BCUT2D eigenvalue weighted by molar-refractivity contribution is 5.21. The first-order valence-corrected chi connectivity index (χ1v) is 6.23. The minimum Gasteiger partial charge on any atom is -0.314 e. The third-order valence-corrected chi connectivity index (χ3v) is 2.96. The van der Waals surface area contributed by atoms with Crippen molar-refractivity contribution in [1.29, 1.82) is 0 Å². The van der Waals surface area contributed by atoms with Crippen LogP contribution in [0.2, 0.25) is 0 Å². The minimum absolute atomic E-state index is 0.226. The molecule has 0 aliphatic rings. The van der Waals surface area contributed by atoms with Gasteiger partial charge in [-0.25, -0.2) is 8.78 Å². The average Bonchev–Trinajstić information content (AvgIpc) is 2.30. The fraction of sp³-hybridized carbons (Fsp3) is 0.571. The van der Waals surface area contributed by atoms with E-state index in [0.29, 0.717) is 6.04 Å². The summed E-state index contributed by atoms with van der Waals surface area (Å²) in [6.07, 6.45) is 2.02. The van der Waals surface area contributed by atoms with Crippen molar-refractivity contribution in [3.63, 3.8) is 0 Å². The molecule has 0 radical (unpaired) electrons. The summed E-state index contributed by atoms with van der Waals surface area (Å²) in [6, 6.07) is 4.55. The van der Waals surface area contributed by atoms with Gasteiger partial charge in [0.05, 0.1) is 0 Å². The van der Waals surface area contributed by atoms with Crippen LogP contribution in [0.15, 0.2) is 18.2 Å². The molecule has 0 fully saturated rings. The maximum atomic E-state index is 13.1. The zero-order chi connectivity index (χ0) is 12.8. The number of halogens is 2. The SMILES string of the molecule is CCCNC(C)CC(C)c1ccc(F)c(F)c1. The Hall–Kier alpha value is -0.960. The lowest BCUT2D eigenvalue weighted by molar-refractivity contribution is 0.473. The lowest BCUT2D eigenvalue weighted by Gasteiger charge is -2.18. The van der Waals surface area contributed by atoms with Crippen LogP contribution in [0.3, 0.4) is 0 Å². The van der Waals surface area contributed by atoms with E-state index in [2.05, 4.69) is 19.2 Å². The molecule has 0 saturated heterocycles. The molecule has 0 heterocycles. The summed E-state index contributed by atoms with van der Waals surface area (Å²) >= 11 is 0. The minimum atomic E-state index is -0.780. The molecule has 2 atom stereocenters. The predicted octanol–water partition coefficient (Wildman–Crippen LogP) is 3.85. The van der Waals surface area contributed by atoms with Crippen molar-refractivity contribution in [2.45, 2.75) is 45.6 Å². The van der Waals surface area contributed by atoms with Gasteiger partial charge in [0.15, 0.2) is 11.6 Å². The first-order valence-electron chi connectivity index (χ1n) is 6.23. The summed E-state index contributed by atoms with van der Waals surface area (Å²) in [4.78, 5) is 0. The molecule has 0 aliphatic carbocycles. The van der Waals surface area contributed by atoms with Crippen molar-refractivity contribution in [3.8, 4) is 0 Å². The normalized spacial score (nSPS) is 14.6. The van der Waals surface area contributed by atoms with Crippen LogP contribution in [-0.4, -0.2) is 12.6 Å². The van der Waals surface area contributed by atoms with Crippen molar-refractivity contribution in [2.24, 2.45) is 0 Å². The number of benzene rings is 1.